The van der Waals surface area contributed by atoms with Gasteiger partial charge in [-0.25, -0.2) is 0 Å². The average Bonchev–Trinajstić information content (AvgIpc) is 3.07. The number of carbonyl (C=O) groups excluding carboxylic acids is 2. The van der Waals surface area contributed by atoms with Gasteiger partial charge in [-0.15, -0.1) is 0 Å². The van der Waals surface area contributed by atoms with Crippen molar-refractivity contribution in [2.24, 2.45) is 0 Å². The molecule has 1 aromatic rings. The second-order valence-corrected chi connectivity index (χ2v) is 16.1. The average molecular weight is 745 g/mol. The molecule has 292 valence electrons. The molecule has 0 spiro atoms. The van der Waals surface area contributed by atoms with E-state index in [9.17, 15) is 22.6 Å². The molecular formula is C42H77N2NaO5S. The van der Waals surface area contributed by atoms with Crippen LogP contribution >= 0.6 is 0 Å². The molecule has 0 unspecified atom stereocenters. The SMILES string of the molecule is CCCCCCCCCCCCCCCCCC(=O)Nc1ccc(S(=O)(=O)O)c(NC(=O)CCCCCCCCCCCCCCCCC)c1.[NaH]. The Bertz CT molecular complexity index is 1100. The summed E-state index contributed by atoms with van der Waals surface area (Å²) in [5.74, 6) is -0.444. The number of benzene rings is 1. The van der Waals surface area contributed by atoms with Crippen LogP contribution in [0.3, 0.4) is 0 Å². The summed E-state index contributed by atoms with van der Waals surface area (Å²) >= 11 is 0. The summed E-state index contributed by atoms with van der Waals surface area (Å²) in [5, 5.41) is 5.47. The molecule has 0 aliphatic carbocycles. The van der Waals surface area contributed by atoms with Crippen LogP contribution < -0.4 is 10.6 Å². The fourth-order valence-electron chi connectivity index (χ4n) is 6.68. The van der Waals surface area contributed by atoms with Gasteiger partial charge in [0.25, 0.3) is 10.1 Å². The minimum absolute atomic E-state index is 0. The van der Waals surface area contributed by atoms with Gasteiger partial charge >= 0.3 is 29.6 Å². The van der Waals surface area contributed by atoms with Crippen molar-refractivity contribution in [2.45, 2.75) is 224 Å². The molecule has 9 heteroatoms. The first-order valence-corrected chi connectivity index (χ1v) is 22.4. The van der Waals surface area contributed by atoms with Crippen molar-refractivity contribution >= 4 is 62.9 Å². The Balaban J connectivity index is 0.0000250. The van der Waals surface area contributed by atoms with Crippen molar-refractivity contribution in [2.75, 3.05) is 10.6 Å². The van der Waals surface area contributed by atoms with E-state index in [2.05, 4.69) is 24.5 Å². The van der Waals surface area contributed by atoms with E-state index in [1.54, 1.807) is 0 Å². The summed E-state index contributed by atoms with van der Waals surface area (Å²) in [6.45, 7) is 4.52. The molecule has 51 heavy (non-hydrogen) atoms. The number of unbranched alkanes of at least 4 members (excludes halogenated alkanes) is 28. The number of carbonyl (C=O) groups is 2. The Morgan fingerprint density at radius 2 is 0.784 bits per heavy atom. The maximum absolute atomic E-state index is 12.7. The molecule has 0 fully saturated rings. The third-order valence-electron chi connectivity index (χ3n) is 9.83. The van der Waals surface area contributed by atoms with E-state index in [1.165, 1.54) is 172 Å². The zero-order valence-corrected chi connectivity index (χ0v) is 33.2. The summed E-state index contributed by atoms with van der Waals surface area (Å²) in [6, 6.07) is 4.08. The molecule has 0 radical (unpaired) electrons. The van der Waals surface area contributed by atoms with Crippen LogP contribution in [0.25, 0.3) is 0 Å². The van der Waals surface area contributed by atoms with Gasteiger partial charge in [0.2, 0.25) is 11.8 Å². The Morgan fingerprint density at radius 1 is 0.490 bits per heavy atom. The molecule has 3 N–H and O–H groups in total. The second kappa shape index (κ2) is 34.8. The van der Waals surface area contributed by atoms with Crippen molar-refractivity contribution < 1.29 is 22.6 Å². The second-order valence-electron chi connectivity index (χ2n) is 14.7. The monoisotopic (exact) mass is 745 g/mol. The first kappa shape index (κ1) is 50.1. The van der Waals surface area contributed by atoms with Gasteiger partial charge in [0, 0.05) is 18.5 Å². The molecule has 0 aliphatic rings. The van der Waals surface area contributed by atoms with Crippen LogP contribution in [-0.2, 0) is 19.7 Å². The third kappa shape index (κ3) is 30.1. The topological polar surface area (TPSA) is 113 Å². The van der Waals surface area contributed by atoms with E-state index in [-0.39, 0.29) is 58.4 Å². The number of hydrogen-bond acceptors (Lipinski definition) is 4. The van der Waals surface area contributed by atoms with Gasteiger partial charge in [-0.1, -0.05) is 194 Å². The first-order valence-electron chi connectivity index (χ1n) is 21.0. The first-order chi connectivity index (χ1) is 24.3. The number of rotatable bonds is 35. The summed E-state index contributed by atoms with van der Waals surface area (Å²) in [6.07, 6.45) is 38.3. The number of hydrogen-bond donors (Lipinski definition) is 3. The standard InChI is InChI=1S/C42H76N2O5S.Na.H/c1-3-5-7-9-11-13-15-17-19-21-23-25-27-29-31-33-41(45)43-38-35-36-40(50(47,48)49)39(37-38)44-42(46)34-32-30-28-26-24-22-20-18-16-14-12-10-8-6-4-2;;/h35-37H,3-34H2,1-2H3,(H,43,45)(H,44,46)(H,47,48,49);;. The van der Waals surface area contributed by atoms with Crippen LogP contribution in [0, 0.1) is 0 Å². The van der Waals surface area contributed by atoms with Gasteiger partial charge in [0.05, 0.1) is 5.69 Å². The molecule has 1 aromatic carbocycles. The summed E-state index contributed by atoms with van der Waals surface area (Å²) < 4.78 is 33.6. The Hall–Kier alpha value is -0.930. The zero-order valence-electron chi connectivity index (χ0n) is 32.3. The molecule has 0 aromatic heterocycles. The zero-order chi connectivity index (χ0) is 36.5. The Labute approximate surface area is 336 Å². The van der Waals surface area contributed by atoms with Gasteiger partial charge in [0.15, 0.2) is 0 Å². The van der Waals surface area contributed by atoms with Crippen LogP contribution in [0.1, 0.15) is 219 Å². The predicted octanol–water partition coefficient (Wildman–Crippen LogP) is 12.7. The molecule has 0 atom stereocenters. The van der Waals surface area contributed by atoms with Crippen molar-refractivity contribution in [3.05, 3.63) is 18.2 Å². The van der Waals surface area contributed by atoms with Crippen LogP contribution in [0.15, 0.2) is 23.1 Å². The fraction of sp³-hybridized carbons (Fsp3) is 0.810. The molecule has 0 aliphatic heterocycles. The molecule has 2 amide bonds. The molecular weight excluding hydrogens is 668 g/mol. The summed E-state index contributed by atoms with van der Waals surface area (Å²) in [5.41, 5.74) is 0.383. The Kier molecular flexibility index (Phi) is 34.2. The van der Waals surface area contributed by atoms with Crippen LogP contribution in [0.2, 0.25) is 0 Å². The molecule has 0 saturated carbocycles. The van der Waals surface area contributed by atoms with Crippen LogP contribution in [-0.4, -0.2) is 54.3 Å². The van der Waals surface area contributed by atoms with E-state index in [0.29, 0.717) is 12.1 Å². The van der Waals surface area contributed by atoms with E-state index in [1.807, 2.05) is 0 Å². The summed E-state index contributed by atoms with van der Waals surface area (Å²) in [4.78, 5) is 24.8. The maximum atomic E-state index is 12.7. The van der Waals surface area contributed by atoms with Crippen LogP contribution in [0.4, 0.5) is 11.4 Å². The molecule has 0 bridgehead atoms. The molecule has 0 saturated heterocycles. The summed E-state index contributed by atoms with van der Waals surface area (Å²) in [7, 11) is -4.54. The normalized spacial score (nSPS) is 11.4. The van der Waals surface area contributed by atoms with Crippen molar-refractivity contribution in [3.63, 3.8) is 0 Å². The van der Waals surface area contributed by atoms with Crippen molar-refractivity contribution in [1.29, 1.82) is 0 Å². The number of nitrogens with one attached hydrogen (secondary N) is 2. The van der Waals surface area contributed by atoms with E-state index in [4.69, 9.17) is 0 Å². The van der Waals surface area contributed by atoms with Gasteiger partial charge in [-0.2, -0.15) is 8.42 Å². The predicted molar refractivity (Wildman–Crippen MR) is 220 cm³/mol. The van der Waals surface area contributed by atoms with Crippen molar-refractivity contribution in [3.8, 4) is 0 Å². The number of amides is 2. The Morgan fingerprint density at radius 3 is 1.10 bits per heavy atom. The minimum atomic E-state index is -4.54. The van der Waals surface area contributed by atoms with Gasteiger partial charge in [0.1, 0.15) is 4.90 Å². The molecule has 1 rings (SSSR count). The molecule has 7 nitrogen and oxygen atoms in total. The molecule has 0 heterocycles. The van der Waals surface area contributed by atoms with E-state index in [0.717, 1.165) is 38.5 Å². The van der Waals surface area contributed by atoms with Gasteiger partial charge < -0.3 is 10.6 Å². The fourth-order valence-corrected chi connectivity index (χ4v) is 7.31. The van der Waals surface area contributed by atoms with Gasteiger partial charge in [-0.05, 0) is 31.0 Å². The van der Waals surface area contributed by atoms with E-state index < -0.39 is 10.1 Å². The van der Waals surface area contributed by atoms with Crippen molar-refractivity contribution in [1.82, 2.24) is 0 Å². The van der Waals surface area contributed by atoms with Gasteiger partial charge in [-0.3, -0.25) is 14.1 Å². The van der Waals surface area contributed by atoms with E-state index >= 15 is 0 Å². The quantitative estimate of drug-likeness (QED) is 0.0364. The third-order valence-corrected chi connectivity index (χ3v) is 10.7. The number of anilines is 2. The van der Waals surface area contributed by atoms with Crippen LogP contribution in [0.5, 0.6) is 0 Å².